The van der Waals surface area contributed by atoms with E-state index >= 15 is 0 Å². The zero-order valence-electron chi connectivity index (χ0n) is 43.7. The minimum atomic E-state index is 0.138. The van der Waals surface area contributed by atoms with E-state index in [4.69, 9.17) is 22.5 Å². The Labute approximate surface area is 468 Å². The zero-order valence-corrected chi connectivity index (χ0v) is 43.7. The van der Waals surface area contributed by atoms with Crippen LogP contribution in [0.25, 0.3) is 186 Å². The minimum Gasteiger partial charge on any atom is -0.455 e. The monoisotopic (exact) mass is 1060 g/mol. The fourth-order valence-corrected chi connectivity index (χ4v) is 14.2. The largest absolute Gasteiger partial charge is 0.455 e. The van der Waals surface area contributed by atoms with Crippen molar-refractivity contribution in [1.82, 2.24) is 13.7 Å². The van der Waals surface area contributed by atoms with E-state index in [1.165, 1.54) is 0 Å². The Hall–Kier alpha value is -11.8. The number of nitrogens with zero attached hydrogens (tertiary/aromatic N) is 5. The first-order chi connectivity index (χ1) is 41.1. The number of benzene rings is 12. The van der Waals surface area contributed by atoms with E-state index in [0.29, 0.717) is 56.1 Å². The predicted octanol–water partition coefficient (Wildman–Crippen LogP) is 20.7. The average molecular weight is 1060 g/mol. The van der Waals surface area contributed by atoms with Gasteiger partial charge in [0.05, 0.1) is 68.4 Å². The molecule has 0 saturated heterocycles. The van der Waals surface area contributed by atoms with E-state index in [1.807, 2.05) is 91.0 Å². The van der Waals surface area contributed by atoms with E-state index < -0.39 is 0 Å². The lowest BCUT2D eigenvalue weighted by Crippen LogP contribution is -2.12. The van der Waals surface area contributed by atoms with Crippen molar-refractivity contribution in [3.63, 3.8) is 0 Å². The topological polar surface area (TPSA) is 95.5 Å². The molecule has 19 rings (SSSR count). The van der Waals surface area contributed by atoms with Crippen LogP contribution in [-0.4, -0.2) is 13.7 Å². The predicted molar refractivity (Wildman–Crippen MR) is 335 cm³/mol. The number of para-hydroxylation sites is 8. The smallest absolute Gasteiger partial charge is 0.232 e. The number of nitriles is 1. The fraction of sp³-hybridized carbons (Fsp3) is 0. The molecule has 83 heavy (non-hydrogen) atoms. The van der Waals surface area contributed by atoms with E-state index in [1.54, 1.807) is 0 Å². The summed E-state index contributed by atoms with van der Waals surface area (Å²) in [5.74, 6) is 0. The summed E-state index contributed by atoms with van der Waals surface area (Å²) in [5.41, 5.74) is 13.6. The van der Waals surface area contributed by atoms with E-state index in [0.717, 1.165) is 125 Å². The standard InChI is InChI=1S/C74H37N5O4/c1-76-64-55(39-75)65(77-56-26-9-2-17-40(56)47-33-36-51-44-21-6-13-30-60(44)81-72(51)66(47)77)63(54-25-16-24-50-43-20-5-12-29-59(43)80-71(50)54)69(78-57-27-10-3-18-41(57)48-34-37-52-45-22-7-14-31-61(45)82-73(52)67(48)78)70(64)79-58-28-11-4-19-42(58)49-35-38-53-46-23-8-15-32-62(46)83-74(53)68(49)79/h2-38H. The van der Waals surface area contributed by atoms with Crippen molar-refractivity contribution in [3.8, 4) is 34.3 Å². The normalized spacial score (nSPS) is 12.3. The van der Waals surface area contributed by atoms with Gasteiger partial charge in [-0.25, -0.2) is 4.85 Å². The van der Waals surface area contributed by atoms with Crippen molar-refractivity contribution in [3.05, 3.63) is 241 Å². The Kier molecular flexibility index (Phi) is 8.48. The van der Waals surface area contributed by atoms with Crippen molar-refractivity contribution in [2.45, 2.75) is 0 Å². The van der Waals surface area contributed by atoms with Crippen LogP contribution in [0.2, 0.25) is 0 Å². The molecule has 0 N–H and O–H groups in total. The molecule has 12 aromatic carbocycles. The van der Waals surface area contributed by atoms with Gasteiger partial charge in [0.2, 0.25) is 5.69 Å². The lowest BCUT2D eigenvalue weighted by molar-refractivity contribution is 0.669. The average Bonchev–Trinajstić information content (AvgIpc) is 3.22. The third-order valence-corrected chi connectivity index (χ3v) is 17.5. The zero-order chi connectivity index (χ0) is 54.3. The highest BCUT2D eigenvalue weighted by Gasteiger charge is 2.36. The highest BCUT2D eigenvalue weighted by Crippen LogP contribution is 2.55. The molecular weight excluding hydrogens is 1020 g/mol. The van der Waals surface area contributed by atoms with Gasteiger partial charge in [-0.3, -0.25) is 0 Å². The van der Waals surface area contributed by atoms with Crippen molar-refractivity contribution in [1.29, 1.82) is 5.26 Å². The van der Waals surface area contributed by atoms with Crippen molar-refractivity contribution >= 4 is 159 Å². The Balaban J connectivity index is 1.15. The van der Waals surface area contributed by atoms with Gasteiger partial charge in [-0.2, -0.15) is 5.26 Å². The summed E-state index contributed by atoms with van der Waals surface area (Å²) in [7, 11) is 0. The number of aromatic nitrogens is 3. The summed E-state index contributed by atoms with van der Waals surface area (Å²) in [5, 5.41) is 25.8. The molecule has 0 saturated carbocycles. The van der Waals surface area contributed by atoms with Gasteiger partial charge in [-0.1, -0.05) is 164 Å². The lowest BCUT2D eigenvalue weighted by Gasteiger charge is -2.27. The van der Waals surface area contributed by atoms with Crippen LogP contribution in [0.4, 0.5) is 5.69 Å². The van der Waals surface area contributed by atoms with Gasteiger partial charge in [0.15, 0.2) is 16.7 Å². The molecule has 19 aromatic rings. The van der Waals surface area contributed by atoms with Gasteiger partial charge in [-0.05, 0) is 60.7 Å². The summed E-state index contributed by atoms with van der Waals surface area (Å²) in [6.45, 7) is 9.85. The van der Waals surface area contributed by atoms with Crippen LogP contribution in [-0.2, 0) is 0 Å². The van der Waals surface area contributed by atoms with Crippen molar-refractivity contribution < 1.29 is 17.7 Å². The summed E-state index contributed by atoms with van der Waals surface area (Å²) in [6, 6.07) is 79.6. The molecule has 0 amide bonds. The van der Waals surface area contributed by atoms with Gasteiger partial charge in [0.25, 0.3) is 0 Å². The first kappa shape index (κ1) is 44.1. The second-order valence-corrected chi connectivity index (χ2v) is 21.5. The number of furan rings is 4. The molecule has 0 unspecified atom stereocenters. The van der Waals surface area contributed by atoms with Crippen LogP contribution in [0.1, 0.15) is 5.56 Å². The molecule has 0 bridgehead atoms. The van der Waals surface area contributed by atoms with Gasteiger partial charge >= 0.3 is 0 Å². The molecule has 9 nitrogen and oxygen atoms in total. The molecule has 382 valence electrons. The molecular formula is C74H37N5O4. The van der Waals surface area contributed by atoms with Crippen LogP contribution in [0, 0.1) is 17.9 Å². The van der Waals surface area contributed by atoms with Gasteiger partial charge < -0.3 is 31.4 Å². The van der Waals surface area contributed by atoms with Gasteiger partial charge in [0, 0.05) is 86.5 Å². The van der Waals surface area contributed by atoms with Crippen molar-refractivity contribution in [2.24, 2.45) is 0 Å². The van der Waals surface area contributed by atoms with E-state index in [2.05, 4.69) is 153 Å². The molecule has 0 fully saturated rings. The van der Waals surface area contributed by atoms with Gasteiger partial charge in [0.1, 0.15) is 27.9 Å². The minimum absolute atomic E-state index is 0.138. The Morgan fingerprint density at radius 2 is 0.639 bits per heavy atom. The SMILES string of the molecule is [C-]#[N+]c1c(C#N)c(-n2c3ccccc3c3ccc4c5ccccc5oc4c32)c(-c2cccc3c2oc2ccccc23)c(-n2c3ccccc3c3ccc4c5ccccc5oc4c32)c1-n1c2ccccc2c2ccc3c4ccccc4oc3c21. The van der Waals surface area contributed by atoms with Crippen LogP contribution in [0.5, 0.6) is 0 Å². The lowest BCUT2D eigenvalue weighted by atomic mass is 9.92. The number of fused-ring (bicyclic) bond motifs is 24. The Morgan fingerprint density at radius 3 is 1.05 bits per heavy atom. The van der Waals surface area contributed by atoms with Crippen molar-refractivity contribution in [2.75, 3.05) is 0 Å². The summed E-state index contributed by atoms with van der Waals surface area (Å²) in [4.78, 5) is 4.70. The maximum Gasteiger partial charge on any atom is 0.232 e. The molecule has 7 heterocycles. The summed E-state index contributed by atoms with van der Waals surface area (Å²) >= 11 is 0. The number of hydrogen-bond acceptors (Lipinski definition) is 5. The van der Waals surface area contributed by atoms with Crippen LogP contribution >= 0.6 is 0 Å². The van der Waals surface area contributed by atoms with E-state index in [-0.39, 0.29) is 11.3 Å². The first-order valence-electron chi connectivity index (χ1n) is 27.6. The molecule has 0 aliphatic carbocycles. The third-order valence-electron chi connectivity index (χ3n) is 17.5. The first-order valence-corrected chi connectivity index (χ1v) is 27.6. The fourth-order valence-electron chi connectivity index (χ4n) is 14.2. The van der Waals surface area contributed by atoms with Crippen LogP contribution < -0.4 is 0 Å². The molecule has 0 aliphatic heterocycles. The molecule has 0 radical (unpaired) electrons. The summed E-state index contributed by atoms with van der Waals surface area (Å²) in [6.07, 6.45) is 0. The maximum atomic E-state index is 12.6. The quantitative estimate of drug-likeness (QED) is 0.164. The number of hydrogen-bond donors (Lipinski definition) is 0. The highest BCUT2D eigenvalue weighted by molar-refractivity contribution is 6.27. The molecule has 0 spiro atoms. The van der Waals surface area contributed by atoms with E-state index in [9.17, 15) is 11.8 Å². The maximum absolute atomic E-state index is 12.6. The van der Waals surface area contributed by atoms with Crippen LogP contribution in [0.3, 0.4) is 0 Å². The second-order valence-electron chi connectivity index (χ2n) is 21.5. The van der Waals surface area contributed by atoms with Gasteiger partial charge in [-0.15, -0.1) is 0 Å². The number of rotatable bonds is 4. The van der Waals surface area contributed by atoms with Crippen LogP contribution in [0.15, 0.2) is 242 Å². The molecule has 0 aliphatic rings. The molecule has 9 heteroatoms. The second kappa shape index (κ2) is 16.0. The Morgan fingerprint density at radius 1 is 0.313 bits per heavy atom. The Bertz CT molecular complexity index is 6230. The molecule has 0 atom stereocenters. The summed E-state index contributed by atoms with van der Waals surface area (Å²) < 4.78 is 35.3. The highest BCUT2D eigenvalue weighted by atomic mass is 16.3. The molecule has 7 aromatic heterocycles. The third kappa shape index (κ3) is 5.57.